The lowest BCUT2D eigenvalue weighted by molar-refractivity contribution is 0.122. The van der Waals surface area contributed by atoms with Gasteiger partial charge in [0.05, 0.1) is 29.7 Å². The Labute approximate surface area is 220 Å². The van der Waals surface area contributed by atoms with Crippen LogP contribution in [0.2, 0.25) is 0 Å². The van der Waals surface area contributed by atoms with Gasteiger partial charge < -0.3 is 9.64 Å². The number of piperazine rings is 1. The summed E-state index contributed by atoms with van der Waals surface area (Å²) in [5.41, 5.74) is 2.12. The van der Waals surface area contributed by atoms with Crippen LogP contribution in [-0.4, -0.2) is 80.1 Å². The third-order valence-electron chi connectivity index (χ3n) is 7.49. The molecule has 0 aliphatic carbocycles. The minimum absolute atomic E-state index is 0.0212. The van der Waals surface area contributed by atoms with Crippen molar-refractivity contribution in [3.63, 3.8) is 0 Å². The highest BCUT2D eigenvalue weighted by Gasteiger charge is 2.31. The van der Waals surface area contributed by atoms with Crippen molar-refractivity contribution in [1.82, 2.24) is 19.2 Å². The Morgan fingerprint density at radius 1 is 0.919 bits per heavy atom. The molecular weight excluding hydrogens is 486 g/mol. The molecular formula is C28H37N5O3S. The number of benzene rings is 2. The van der Waals surface area contributed by atoms with Gasteiger partial charge in [-0.3, -0.25) is 4.90 Å². The zero-order valence-electron chi connectivity index (χ0n) is 21.8. The smallest absolute Gasteiger partial charge is 0.243 e. The zero-order chi connectivity index (χ0) is 25.8. The van der Waals surface area contributed by atoms with Crippen LogP contribution >= 0.6 is 0 Å². The van der Waals surface area contributed by atoms with Crippen molar-refractivity contribution >= 4 is 26.7 Å². The lowest BCUT2D eigenvalue weighted by Crippen LogP contribution is -2.49. The fourth-order valence-corrected chi connectivity index (χ4v) is 6.56. The number of anilines is 1. The highest BCUT2D eigenvalue weighted by molar-refractivity contribution is 7.89. The van der Waals surface area contributed by atoms with E-state index in [0.29, 0.717) is 44.3 Å². The first-order valence-corrected chi connectivity index (χ1v) is 14.8. The minimum atomic E-state index is -3.51. The predicted molar refractivity (Wildman–Crippen MR) is 146 cm³/mol. The van der Waals surface area contributed by atoms with Gasteiger partial charge in [0.25, 0.3) is 0 Å². The van der Waals surface area contributed by atoms with Crippen molar-refractivity contribution in [2.75, 3.05) is 57.4 Å². The summed E-state index contributed by atoms with van der Waals surface area (Å²) in [4.78, 5) is 14.9. The largest absolute Gasteiger partial charge is 0.378 e. The summed E-state index contributed by atoms with van der Waals surface area (Å²) >= 11 is 0. The Balaban J connectivity index is 1.29. The van der Waals surface area contributed by atoms with Crippen molar-refractivity contribution < 1.29 is 13.2 Å². The summed E-state index contributed by atoms with van der Waals surface area (Å²) in [5.74, 6) is 1.73. The Kier molecular flexibility index (Phi) is 8.04. The molecule has 1 aromatic heterocycles. The maximum absolute atomic E-state index is 13.3. The van der Waals surface area contributed by atoms with Crippen LogP contribution in [0.3, 0.4) is 0 Å². The first-order valence-electron chi connectivity index (χ1n) is 13.4. The third-order valence-corrected chi connectivity index (χ3v) is 9.40. The molecule has 5 rings (SSSR count). The maximum atomic E-state index is 13.3. The summed E-state index contributed by atoms with van der Waals surface area (Å²) in [6.07, 6.45) is 3.22. The number of sulfonamides is 1. The molecule has 1 atom stereocenters. The van der Waals surface area contributed by atoms with Crippen LogP contribution < -0.4 is 4.90 Å². The van der Waals surface area contributed by atoms with Gasteiger partial charge in [0.1, 0.15) is 11.6 Å². The average molecular weight is 524 g/mol. The predicted octanol–water partition coefficient (Wildman–Crippen LogP) is 3.88. The zero-order valence-corrected chi connectivity index (χ0v) is 22.7. The lowest BCUT2D eigenvalue weighted by atomic mass is 10.1. The molecule has 3 aromatic rings. The lowest BCUT2D eigenvalue weighted by Gasteiger charge is -2.37. The maximum Gasteiger partial charge on any atom is 0.243 e. The number of aryl methyl sites for hydroxylation is 1. The number of ether oxygens (including phenoxy) is 1. The molecule has 0 spiro atoms. The molecule has 2 aliphatic rings. The third kappa shape index (κ3) is 5.65. The quantitative estimate of drug-likeness (QED) is 0.443. The molecule has 2 aromatic carbocycles. The molecule has 0 radical (unpaired) electrons. The van der Waals surface area contributed by atoms with E-state index in [2.05, 4.69) is 29.7 Å². The van der Waals surface area contributed by atoms with Gasteiger partial charge in [-0.15, -0.1) is 0 Å². The van der Waals surface area contributed by atoms with Crippen LogP contribution in [0, 0.1) is 0 Å². The SMILES string of the molecule is CCCCc1ccc(S(=O)(=O)N2CCN([C@@H](C)c3nc(N4CCOCC4)c4ccccc4n3)CC2)cc1. The summed E-state index contributed by atoms with van der Waals surface area (Å²) < 4.78 is 33.7. The Bertz CT molecular complexity index is 1300. The first kappa shape index (κ1) is 26.0. The van der Waals surface area contributed by atoms with Gasteiger partial charge >= 0.3 is 0 Å². The number of hydrogen-bond donors (Lipinski definition) is 0. The molecule has 0 N–H and O–H groups in total. The molecule has 3 heterocycles. The first-order chi connectivity index (χ1) is 18.0. The number of fused-ring (bicyclic) bond motifs is 1. The van der Waals surface area contributed by atoms with Gasteiger partial charge in [-0.1, -0.05) is 37.6 Å². The molecule has 9 heteroatoms. The topological polar surface area (TPSA) is 78.9 Å². The second-order valence-electron chi connectivity index (χ2n) is 9.89. The highest BCUT2D eigenvalue weighted by atomic mass is 32.2. The number of morpholine rings is 1. The molecule has 37 heavy (non-hydrogen) atoms. The molecule has 8 nitrogen and oxygen atoms in total. The standard InChI is InChI=1S/C28H37N5O3S/c1-3-4-7-23-10-12-24(13-11-23)37(34,35)33-16-14-31(15-17-33)22(2)27-29-26-9-6-5-8-25(26)28(30-27)32-18-20-36-21-19-32/h5-6,8-13,22H,3-4,7,14-21H2,1-2H3/t22-/m0/s1. The number of hydrogen-bond acceptors (Lipinski definition) is 7. The Morgan fingerprint density at radius 3 is 2.32 bits per heavy atom. The van der Waals surface area contributed by atoms with E-state index in [1.165, 1.54) is 5.56 Å². The van der Waals surface area contributed by atoms with Crippen LogP contribution in [-0.2, 0) is 21.2 Å². The Morgan fingerprint density at radius 2 is 1.62 bits per heavy atom. The van der Waals surface area contributed by atoms with Crippen LogP contribution in [0.25, 0.3) is 10.9 Å². The van der Waals surface area contributed by atoms with E-state index >= 15 is 0 Å². The van der Waals surface area contributed by atoms with Crippen LogP contribution in [0.15, 0.2) is 53.4 Å². The van der Waals surface area contributed by atoms with E-state index in [4.69, 9.17) is 14.7 Å². The fourth-order valence-electron chi connectivity index (χ4n) is 5.13. The number of rotatable bonds is 8. The second kappa shape index (κ2) is 11.4. The van der Waals surface area contributed by atoms with Gasteiger partial charge in [0.2, 0.25) is 10.0 Å². The number of nitrogens with zero attached hydrogens (tertiary/aromatic N) is 5. The van der Waals surface area contributed by atoms with Crippen LogP contribution in [0.1, 0.15) is 44.1 Å². The summed E-state index contributed by atoms with van der Waals surface area (Å²) in [6, 6.07) is 15.5. The van der Waals surface area contributed by atoms with Gasteiger partial charge in [0.15, 0.2) is 0 Å². The molecule has 2 aliphatic heterocycles. The van der Waals surface area contributed by atoms with Crippen LogP contribution in [0.4, 0.5) is 5.82 Å². The van der Waals surface area contributed by atoms with Crippen molar-refractivity contribution in [3.05, 3.63) is 59.9 Å². The van der Waals surface area contributed by atoms with Crippen molar-refractivity contribution in [2.24, 2.45) is 0 Å². The number of para-hydroxylation sites is 1. The molecule has 0 amide bonds. The number of aromatic nitrogens is 2. The van der Waals surface area contributed by atoms with E-state index in [0.717, 1.165) is 54.9 Å². The van der Waals surface area contributed by atoms with Gasteiger partial charge in [-0.25, -0.2) is 18.4 Å². The second-order valence-corrected chi connectivity index (χ2v) is 11.8. The van der Waals surface area contributed by atoms with E-state index in [-0.39, 0.29) is 6.04 Å². The van der Waals surface area contributed by atoms with Crippen molar-refractivity contribution in [2.45, 2.75) is 44.0 Å². The van der Waals surface area contributed by atoms with Gasteiger partial charge in [-0.05, 0) is 49.6 Å². The van der Waals surface area contributed by atoms with E-state index in [1.54, 1.807) is 16.4 Å². The molecule has 198 valence electrons. The van der Waals surface area contributed by atoms with E-state index in [9.17, 15) is 8.42 Å². The fraction of sp³-hybridized carbons (Fsp3) is 0.500. The molecule has 2 saturated heterocycles. The molecule has 0 saturated carbocycles. The van der Waals surface area contributed by atoms with Gasteiger partial charge in [-0.2, -0.15) is 4.31 Å². The monoisotopic (exact) mass is 523 g/mol. The minimum Gasteiger partial charge on any atom is -0.378 e. The number of unbranched alkanes of at least 4 members (excludes halogenated alkanes) is 1. The normalized spacial score (nSPS) is 18.8. The summed E-state index contributed by atoms with van der Waals surface area (Å²) in [5, 5.41) is 1.05. The van der Waals surface area contributed by atoms with Crippen molar-refractivity contribution in [1.29, 1.82) is 0 Å². The van der Waals surface area contributed by atoms with Gasteiger partial charge in [0, 0.05) is 44.7 Å². The highest BCUT2D eigenvalue weighted by Crippen LogP contribution is 2.29. The Hall–Kier alpha value is -2.59. The molecule has 2 fully saturated rings. The van der Waals surface area contributed by atoms with E-state index in [1.807, 2.05) is 30.3 Å². The summed E-state index contributed by atoms with van der Waals surface area (Å²) in [7, 11) is -3.51. The molecule has 0 unspecified atom stereocenters. The average Bonchev–Trinajstić information content (AvgIpc) is 2.96. The van der Waals surface area contributed by atoms with Crippen molar-refractivity contribution in [3.8, 4) is 0 Å². The van der Waals surface area contributed by atoms with Crippen LogP contribution in [0.5, 0.6) is 0 Å². The van der Waals surface area contributed by atoms with E-state index < -0.39 is 10.0 Å². The molecule has 0 bridgehead atoms. The summed E-state index contributed by atoms with van der Waals surface area (Å²) in [6.45, 7) is 9.47.